The van der Waals surface area contributed by atoms with Crippen molar-refractivity contribution < 1.29 is 22.7 Å². The van der Waals surface area contributed by atoms with E-state index in [1.807, 2.05) is 24.3 Å². The molecule has 0 spiro atoms. The number of amides is 1. The number of benzene rings is 1. The third-order valence-corrected chi connectivity index (χ3v) is 5.99. The Bertz CT molecular complexity index is 1380. The second-order valence-electron chi connectivity index (χ2n) is 8.57. The van der Waals surface area contributed by atoms with Crippen LogP contribution in [-0.2, 0) is 35.1 Å². The van der Waals surface area contributed by atoms with Gasteiger partial charge in [-0.25, -0.2) is 0 Å². The van der Waals surface area contributed by atoms with Gasteiger partial charge in [0, 0.05) is 31.5 Å². The van der Waals surface area contributed by atoms with Crippen molar-refractivity contribution in [3.05, 3.63) is 111 Å². The van der Waals surface area contributed by atoms with Gasteiger partial charge in [0.05, 0.1) is 30.6 Å². The van der Waals surface area contributed by atoms with Gasteiger partial charge in [-0.3, -0.25) is 14.6 Å². The molecule has 0 radical (unpaired) electrons. The van der Waals surface area contributed by atoms with E-state index < -0.39 is 23.2 Å². The quantitative estimate of drug-likeness (QED) is 0.453. The highest BCUT2D eigenvalue weighted by Gasteiger charge is 2.45. The van der Waals surface area contributed by atoms with Gasteiger partial charge in [0.2, 0.25) is 5.54 Å². The minimum atomic E-state index is -4.51. The Morgan fingerprint density at radius 1 is 1.11 bits per heavy atom. The lowest BCUT2D eigenvalue weighted by atomic mass is 9.86. The fourth-order valence-corrected chi connectivity index (χ4v) is 4.03. The van der Waals surface area contributed by atoms with Crippen LogP contribution in [0.1, 0.15) is 27.9 Å². The van der Waals surface area contributed by atoms with Crippen molar-refractivity contribution in [2.24, 2.45) is 10.2 Å². The molecule has 1 unspecified atom stereocenters. The third kappa shape index (κ3) is 6.00. The van der Waals surface area contributed by atoms with E-state index in [0.29, 0.717) is 24.0 Å². The minimum absolute atomic E-state index is 0.0593. The lowest BCUT2D eigenvalue weighted by molar-refractivity contribution is -0.137. The van der Waals surface area contributed by atoms with Crippen LogP contribution >= 0.6 is 0 Å². The predicted octanol–water partition coefficient (Wildman–Crippen LogP) is 3.97. The van der Waals surface area contributed by atoms with Gasteiger partial charge in [-0.2, -0.15) is 23.4 Å². The molecular formula is C26H24F3N5O3. The zero-order valence-corrected chi connectivity index (χ0v) is 19.9. The van der Waals surface area contributed by atoms with Crippen molar-refractivity contribution >= 4 is 5.91 Å². The maximum absolute atomic E-state index is 13.2. The second-order valence-corrected chi connectivity index (χ2v) is 8.57. The number of aromatic nitrogens is 2. The number of methoxy groups -OCH3 is 1. The number of carbonyl (C=O) groups is 1. The van der Waals surface area contributed by atoms with Crippen molar-refractivity contribution in [2.75, 3.05) is 13.7 Å². The summed E-state index contributed by atoms with van der Waals surface area (Å²) >= 11 is 0. The maximum atomic E-state index is 13.2. The number of carbonyl (C=O) groups excluding carboxylic acids is 1. The average Bonchev–Trinajstić information content (AvgIpc) is 3.28. The highest BCUT2D eigenvalue weighted by Crippen LogP contribution is 2.32. The first-order valence-corrected chi connectivity index (χ1v) is 11.4. The summed E-state index contributed by atoms with van der Waals surface area (Å²) in [6.07, 6.45) is 0.438. The molecule has 37 heavy (non-hydrogen) atoms. The number of aromatic amines is 1. The lowest BCUT2D eigenvalue weighted by Crippen LogP contribution is -2.49. The van der Waals surface area contributed by atoms with Crippen molar-refractivity contribution in [3.63, 3.8) is 0 Å². The molecule has 0 fully saturated rings. The molecule has 8 nitrogen and oxygen atoms in total. The summed E-state index contributed by atoms with van der Waals surface area (Å²) < 4.78 is 44.3. The van der Waals surface area contributed by atoms with Crippen LogP contribution in [-0.4, -0.2) is 35.1 Å². The molecule has 0 aliphatic carbocycles. The van der Waals surface area contributed by atoms with Crippen molar-refractivity contribution in [3.8, 4) is 0 Å². The first-order chi connectivity index (χ1) is 17.7. The molecular weight excluding hydrogens is 487 g/mol. The molecule has 1 atom stereocenters. The molecule has 3 aromatic rings. The smallest absolute Gasteiger partial charge is 0.381 e. The van der Waals surface area contributed by atoms with Gasteiger partial charge < -0.3 is 15.0 Å². The Morgan fingerprint density at radius 3 is 2.51 bits per heavy atom. The summed E-state index contributed by atoms with van der Waals surface area (Å²) in [5.74, 6) is -0.555. The monoisotopic (exact) mass is 511 g/mol. The molecule has 1 aromatic carbocycles. The van der Waals surface area contributed by atoms with E-state index >= 15 is 0 Å². The molecule has 192 valence electrons. The number of hydrogen-bond acceptors (Lipinski definition) is 6. The largest absolute Gasteiger partial charge is 0.416 e. The Hall–Kier alpha value is -4.12. The number of nitrogens with one attached hydrogen (secondary N) is 2. The predicted molar refractivity (Wildman–Crippen MR) is 129 cm³/mol. The van der Waals surface area contributed by atoms with Gasteiger partial charge in [-0.1, -0.05) is 30.3 Å². The van der Waals surface area contributed by atoms with Crippen LogP contribution in [0.5, 0.6) is 0 Å². The molecule has 1 aliphatic rings. The number of rotatable bonds is 9. The summed E-state index contributed by atoms with van der Waals surface area (Å²) in [7, 11) is 1.43. The number of nitrogens with zero attached hydrogens (tertiary/aromatic N) is 3. The first-order valence-electron chi connectivity index (χ1n) is 11.4. The van der Waals surface area contributed by atoms with Gasteiger partial charge in [0.25, 0.3) is 11.5 Å². The molecule has 0 bridgehead atoms. The SMILES string of the molecule is COCC1(C(=O)NCc2cc(C(F)(F)F)ccn2)N=NC=C1Cc1ccc(Cc2ccc[nH]c2=O)cc1. The van der Waals surface area contributed by atoms with Gasteiger partial charge in [-0.15, -0.1) is 0 Å². The number of H-pyrrole nitrogens is 1. The molecule has 4 rings (SSSR count). The number of alkyl halides is 3. The number of azo groups is 1. The fraction of sp³-hybridized carbons (Fsp3) is 0.269. The van der Waals surface area contributed by atoms with Gasteiger partial charge in [0.1, 0.15) is 0 Å². The zero-order chi connectivity index (χ0) is 26.5. The van der Waals surface area contributed by atoms with Crippen molar-refractivity contribution in [2.45, 2.75) is 31.1 Å². The van der Waals surface area contributed by atoms with Crippen LogP contribution in [0.15, 0.2) is 87.7 Å². The summed E-state index contributed by atoms with van der Waals surface area (Å²) in [5, 5.41) is 10.7. The van der Waals surface area contributed by atoms with E-state index in [1.165, 1.54) is 13.3 Å². The molecule has 0 saturated heterocycles. The average molecular weight is 512 g/mol. The Labute approximate surface area is 210 Å². The van der Waals surface area contributed by atoms with E-state index in [-0.39, 0.29) is 24.4 Å². The molecule has 2 N–H and O–H groups in total. The second kappa shape index (κ2) is 10.9. The minimum Gasteiger partial charge on any atom is -0.381 e. The number of hydrogen-bond donors (Lipinski definition) is 2. The Balaban J connectivity index is 1.46. The number of halogens is 3. The first kappa shape index (κ1) is 26.0. The highest BCUT2D eigenvalue weighted by atomic mass is 19.4. The van der Waals surface area contributed by atoms with Crippen LogP contribution in [0.4, 0.5) is 13.2 Å². The summed E-state index contributed by atoms with van der Waals surface area (Å²) in [6.45, 7) is -0.316. The van der Waals surface area contributed by atoms with Crippen LogP contribution in [0.3, 0.4) is 0 Å². The zero-order valence-electron chi connectivity index (χ0n) is 19.9. The summed E-state index contributed by atoms with van der Waals surface area (Å²) in [5.41, 5.74) is 0.688. The topological polar surface area (TPSA) is 109 Å². The molecule has 3 heterocycles. The van der Waals surface area contributed by atoms with Crippen LogP contribution < -0.4 is 10.9 Å². The normalized spacial score (nSPS) is 17.0. The van der Waals surface area contributed by atoms with Crippen LogP contribution in [0.25, 0.3) is 0 Å². The lowest BCUT2D eigenvalue weighted by Gasteiger charge is -2.26. The molecule has 1 aliphatic heterocycles. The highest BCUT2D eigenvalue weighted by molar-refractivity contribution is 5.91. The summed E-state index contributed by atoms with van der Waals surface area (Å²) in [6, 6.07) is 12.9. The van der Waals surface area contributed by atoms with E-state index in [9.17, 15) is 22.8 Å². The summed E-state index contributed by atoms with van der Waals surface area (Å²) in [4.78, 5) is 31.7. The standard InChI is InChI=1S/C26H24F3N5O3/c1-37-16-25(24(36)32-15-22-13-20(8-10-30-22)26(27,28)29)21(14-33-34-25)12-18-6-4-17(5-7-18)11-19-3-2-9-31-23(19)35/h2-10,13-14H,11-12,15-16H2,1H3,(H,31,35)(H,32,36). The van der Waals surface area contributed by atoms with Crippen molar-refractivity contribution in [1.82, 2.24) is 15.3 Å². The van der Waals surface area contributed by atoms with E-state index in [2.05, 4.69) is 25.5 Å². The van der Waals surface area contributed by atoms with Gasteiger partial charge >= 0.3 is 6.18 Å². The molecule has 2 aromatic heterocycles. The molecule has 0 saturated carbocycles. The maximum Gasteiger partial charge on any atom is 0.416 e. The van der Waals surface area contributed by atoms with Gasteiger partial charge in [0.15, 0.2) is 0 Å². The number of ether oxygens (including phenoxy) is 1. The Kier molecular flexibility index (Phi) is 7.63. The number of pyridine rings is 2. The third-order valence-electron chi connectivity index (χ3n) is 5.99. The molecule has 1 amide bonds. The van der Waals surface area contributed by atoms with E-state index in [4.69, 9.17) is 4.74 Å². The van der Waals surface area contributed by atoms with E-state index in [1.54, 1.807) is 18.3 Å². The van der Waals surface area contributed by atoms with Gasteiger partial charge in [-0.05, 0) is 41.3 Å². The van der Waals surface area contributed by atoms with Crippen LogP contribution in [0.2, 0.25) is 0 Å². The van der Waals surface area contributed by atoms with Crippen LogP contribution in [0, 0.1) is 0 Å². The Morgan fingerprint density at radius 2 is 1.84 bits per heavy atom. The van der Waals surface area contributed by atoms with E-state index in [0.717, 1.165) is 29.5 Å². The van der Waals surface area contributed by atoms with Crippen molar-refractivity contribution in [1.29, 1.82) is 0 Å². The fourth-order valence-electron chi connectivity index (χ4n) is 4.03. The molecule has 11 heteroatoms.